The molecule has 0 aliphatic heterocycles. The summed E-state index contributed by atoms with van der Waals surface area (Å²) in [6.45, 7) is 3.56. The summed E-state index contributed by atoms with van der Waals surface area (Å²) in [6.07, 6.45) is 0.739. The van der Waals surface area contributed by atoms with Gasteiger partial charge in [-0.3, -0.25) is 23.8 Å². The van der Waals surface area contributed by atoms with Crippen LogP contribution in [0.4, 0.5) is 0 Å². The summed E-state index contributed by atoms with van der Waals surface area (Å²) < 4.78 is 7.65. The minimum Gasteiger partial charge on any atom is -0.425 e. The van der Waals surface area contributed by atoms with Gasteiger partial charge in [0, 0.05) is 26.2 Å². The molecule has 0 radical (unpaired) electrons. The van der Waals surface area contributed by atoms with E-state index in [0.717, 1.165) is 4.57 Å². The summed E-state index contributed by atoms with van der Waals surface area (Å²) >= 11 is 0. The molecular formula is C15H17N5O4. The smallest absolute Gasteiger partial charge is 0.332 e. The Bertz CT molecular complexity index is 1090. The normalized spacial score (nSPS) is 11.3. The number of aryl methyl sites for hydroxylation is 2. The zero-order valence-electron chi connectivity index (χ0n) is 13.8. The van der Waals surface area contributed by atoms with Crippen LogP contribution in [0.2, 0.25) is 0 Å². The highest BCUT2D eigenvalue weighted by Crippen LogP contribution is 2.32. The van der Waals surface area contributed by atoms with Crippen LogP contribution in [-0.4, -0.2) is 30.3 Å². The number of aromatic nitrogens is 5. The summed E-state index contributed by atoms with van der Waals surface area (Å²) in [4.78, 5) is 41.0. The fourth-order valence-electron chi connectivity index (χ4n) is 2.62. The maximum absolute atomic E-state index is 12.6. The number of nitrogens with zero attached hydrogens (tertiary/aromatic N) is 4. The van der Waals surface area contributed by atoms with E-state index in [-0.39, 0.29) is 23.2 Å². The van der Waals surface area contributed by atoms with Gasteiger partial charge in [-0.25, -0.2) is 9.78 Å². The molecule has 0 aliphatic carbocycles. The van der Waals surface area contributed by atoms with E-state index in [4.69, 9.17) is 4.74 Å². The lowest BCUT2D eigenvalue weighted by molar-refractivity contribution is -0.133. The highest BCUT2D eigenvalue weighted by Gasteiger charge is 2.23. The first-order valence-electron chi connectivity index (χ1n) is 7.58. The molecule has 0 amide bonds. The first kappa shape index (κ1) is 15.9. The van der Waals surface area contributed by atoms with E-state index < -0.39 is 17.2 Å². The molecule has 3 aromatic heterocycles. The van der Waals surface area contributed by atoms with Crippen molar-refractivity contribution in [3.05, 3.63) is 26.5 Å². The standard InChI is InChI=1S/C15H17N5O4/c1-5-7-9-11(24-8(21)6-2)10-13(16-12(9)18-17-7)19(3)15(23)20(4)14(10)22/h5-6H2,1-4H3,(H,16,17,18). The largest absolute Gasteiger partial charge is 0.425 e. The predicted octanol–water partition coefficient (Wildman–Crippen LogP) is 0.386. The molecule has 0 saturated carbocycles. The van der Waals surface area contributed by atoms with Gasteiger partial charge in [0.25, 0.3) is 5.56 Å². The van der Waals surface area contributed by atoms with E-state index in [1.165, 1.54) is 18.7 Å². The Morgan fingerprint density at radius 3 is 2.50 bits per heavy atom. The van der Waals surface area contributed by atoms with Crippen LogP contribution in [0.5, 0.6) is 5.75 Å². The number of hydrogen-bond acceptors (Lipinski definition) is 6. The topological polar surface area (TPSA) is 112 Å². The fraction of sp³-hybridized carbons (Fsp3) is 0.400. The minimum atomic E-state index is -0.565. The molecule has 0 aliphatic rings. The first-order chi connectivity index (χ1) is 11.4. The van der Waals surface area contributed by atoms with Crippen LogP contribution in [0, 0.1) is 0 Å². The summed E-state index contributed by atoms with van der Waals surface area (Å²) in [5, 5.41) is 7.52. The monoisotopic (exact) mass is 331 g/mol. The van der Waals surface area contributed by atoms with Crippen LogP contribution < -0.4 is 16.0 Å². The van der Waals surface area contributed by atoms with E-state index in [1.807, 2.05) is 6.92 Å². The lowest BCUT2D eigenvalue weighted by Gasteiger charge is -2.12. The van der Waals surface area contributed by atoms with Crippen molar-refractivity contribution in [2.45, 2.75) is 26.7 Å². The third kappa shape index (κ3) is 2.12. The molecule has 0 saturated heterocycles. The van der Waals surface area contributed by atoms with E-state index in [0.29, 0.717) is 23.1 Å². The number of rotatable bonds is 3. The molecule has 0 spiro atoms. The lowest BCUT2D eigenvalue weighted by Crippen LogP contribution is -2.37. The lowest BCUT2D eigenvalue weighted by atomic mass is 10.1. The number of pyridine rings is 1. The highest BCUT2D eigenvalue weighted by molar-refractivity contribution is 6.01. The Kier molecular flexibility index (Phi) is 3.70. The van der Waals surface area contributed by atoms with Crippen molar-refractivity contribution in [1.82, 2.24) is 24.3 Å². The molecule has 0 bridgehead atoms. The number of esters is 1. The molecule has 3 heterocycles. The van der Waals surface area contributed by atoms with Gasteiger partial charge in [-0.05, 0) is 6.42 Å². The number of aromatic amines is 1. The number of H-pyrrole nitrogens is 1. The third-order valence-electron chi connectivity index (χ3n) is 3.98. The summed E-state index contributed by atoms with van der Waals surface area (Å²) in [5.41, 5.74) is 0.0439. The van der Waals surface area contributed by atoms with Gasteiger partial charge in [0.05, 0.1) is 5.39 Å². The summed E-state index contributed by atoms with van der Waals surface area (Å²) in [5.74, 6) is -0.383. The molecule has 0 fully saturated rings. The molecule has 1 N–H and O–H groups in total. The Balaban J connectivity index is 2.60. The molecule has 3 aromatic rings. The number of carbonyl (C=O) groups is 1. The predicted molar refractivity (Wildman–Crippen MR) is 87.2 cm³/mol. The maximum Gasteiger partial charge on any atom is 0.332 e. The zero-order chi connectivity index (χ0) is 17.6. The number of ether oxygens (including phenoxy) is 1. The van der Waals surface area contributed by atoms with Gasteiger partial charge >= 0.3 is 11.7 Å². The second-order valence-corrected chi connectivity index (χ2v) is 5.43. The number of fused-ring (bicyclic) bond motifs is 2. The molecule has 9 heteroatoms. The number of carbonyl (C=O) groups excluding carboxylic acids is 1. The van der Waals surface area contributed by atoms with Gasteiger partial charge in [0.15, 0.2) is 17.0 Å². The third-order valence-corrected chi connectivity index (χ3v) is 3.98. The Morgan fingerprint density at radius 1 is 1.17 bits per heavy atom. The van der Waals surface area contributed by atoms with Crippen molar-refractivity contribution in [3.63, 3.8) is 0 Å². The Hall–Kier alpha value is -2.97. The van der Waals surface area contributed by atoms with Crippen LogP contribution in [-0.2, 0) is 25.3 Å². The van der Waals surface area contributed by atoms with Crippen LogP contribution >= 0.6 is 0 Å². The van der Waals surface area contributed by atoms with Gasteiger partial charge in [-0.1, -0.05) is 13.8 Å². The van der Waals surface area contributed by atoms with Gasteiger partial charge in [-0.15, -0.1) is 0 Å². The summed E-state index contributed by atoms with van der Waals surface area (Å²) in [7, 11) is 2.87. The Morgan fingerprint density at radius 2 is 1.88 bits per heavy atom. The fourth-order valence-corrected chi connectivity index (χ4v) is 2.62. The van der Waals surface area contributed by atoms with Crippen LogP contribution in [0.1, 0.15) is 26.0 Å². The van der Waals surface area contributed by atoms with Gasteiger partial charge in [0.2, 0.25) is 0 Å². The van der Waals surface area contributed by atoms with E-state index >= 15 is 0 Å². The van der Waals surface area contributed by atoms with E-state index in [9.17, 15) is 14.4 Å². The van der Waals surface area contributed by atoms with Crippen LogP contribution in [0.25, 0.3) is 22.1 Å². The Labute approximate surface area is 135 Å². The molecule has 126 valence electrons. The van der Waals surface area contributed by atoms with Crippen LogP contribution in [0.15, 0.2) is 9.59 Å². The van der Waals surface area contributed by atoms with Crippen molar-refractivity contribution >= 4 is 28.0 Å². The van der Waals surface area contributed by atoms with E-state index in [2.05, 4.69) is 15.2 Å². The highest BCUT2D eigenvalue weighted by atomic mass is 16.5. The maximum atomic E-state index is 12.6. The molecule has 0 atom stereocenters. The first-order valence-corrected chi connectivity index (χ1v) is 7.58. The SMILES string of the molecule is CCC(=O)Oc1c2c(CC)[nH]nc2nc2c1c(=O)n(C)c(=O)n2C. The molecule has 9 nitrogen and oxygen atoms in total. The number of hydrogen-bond donors (Lipinski definition) is 1. The van der Waals surface area contributed by atoms with Crippen molar-refractivity contribution in [2.24, 2.45) is 14.1 Å². The second-order valence-electron chi connectivity index (χ2n) is 5.43. The molecule has 0 aromatic carbocycles. The van der Waals surface area contributed by atoms with Crippen molar-refractivity contribution in [2.75, 3.05) is 0 Å². The van der Waals surface area contributed by atoms with Crippen molar-refractivity contribution in [3.8, 4) is 5.75 Å². The quantitative estimate of drug-likeness (QED) is 0.695. The summed E-state index contributed by atoms with van der Waals surface area (Å²) in [6, 6.07) is 0. The van der Waals surface area contributed by atoms with Crippen LogP contribution in [0.3, 0.4) is 0 Å². The molecule has 24 heavy (non-hydrogen) atoms. The average molecular weight is 331 g/mol. The van der Waals surface area contributed by atoms with Crippen molar-refractivity contribution in [1.29, 1.82) is 0 Å². The molecular weight excluding hydrogens is 314 g/mol. The van der Waals surface area contributed by atoms with Gasteiger partial charge in [0.1, 0.15) is 5.39 Å². The number of nitrogens with one attached hydrogen (secondary N) is 1. The minimum absolute atomic E-state index is 0.0880. The molecule has 0 unspecified atom stereocenters. The van der Waals surface area contributed by atoms with Crippen molar-refractivity contribution < 1.29 is 9.53 Å². The van der Waals surface area contributed by atoms with Gasteiger partial charge in [-0.2, -0.15) is 5.10 Å². The molecule has 3 rings (SSSR count). The second kappa shape index (κ2) is 5.59. The zero-order valence-corrected chi connectivity index (χ0v) is 13.8. The van der Waals surface area contributed by atoms with Gasteiger partial charge < -0.3 is 4.74 Å². The van der Waals surface area contributed by atoms with E-state index in [1.54, 1.807) is 6.92 Å². The average Bonchev–Trinajstić information content (AvgIpc) is 3.00.